The van der Waals surface area contributed by atoms with Gasteiger partial charge in [-0.05, 0) is 51.5 Å². The molecule has 2 heterocycles. The van der Waals surface area contributed by atoms with Crippen LogP contribution in [0.2, 0.25) is 5.02 Å². The number of Topliss-reactive ketones (excluding diaryl/α,β-unsaturated/α-hetero) is 1. The number of halogens is 1. The number of thioether (sulfide) groups is 1. The normalized spacial score (nSPS) is 12.5. The molecule has 0 unspecified atom stereocenters. The van der Waals surface area contributed by atoms with Gasteiger partial charge >= 0.3 is 0 Å². The SMILES string of the molecule is CC(=O)[C@@H](C)Sc1cc(C)nc2c(-c3ccc(Cl)cc3)c(C)nn12. The molecular weight excluding hydrogens is 342 g/mol. The molecule has 24 heavy (non-hydrogen) atoms. The minimum Gasteiger partial charge on any atom is -0.299 e. The predicted molar refractivity (Wildman–Crippen MR) is 98.9 cm³/mol. The van der Waals surface area contributed by atoms with Crippen LogP contribution >= 0.6 is 23.4 Å². The van der Waals surface area contributed by atoms with Gasteiger partial charge in [-0.1, -0.05) is 35.5 Å². The first-order valence-electron chi connectivity index (χ1n) is 7.67. The summed E-state index contributed by atoms with van der Waals surface area (Å²) in [5.41, 5.74) is 4.62. The quantitative estimate of drug-likeness (QED) is 0.498. The van der Waals surface area contributed by atoms with Crippen molar-refractivity contribution in [2.75, 3.05) is 0 Å². The van der Waals surface area contributed by atoms with Crippen LogP contribution in [0.4, 0.5) is 0 Å². The van der Waals surface area contributed by atoms with Crippen LogP contribution in [0, 0.1) is 13.8 Å². The van der Waals surface area contributed by atoms with Crippen molar-refractivity contribution in [2.45, 2.75) is 38.0 Å². The van der Waals surface area contributed by atoms with Crippen molar-refractivity contribution >= 4 is 34.8 Å². The average Bonchev–Trinajstić information content (AvgIpc) is 2.84. The molecule has 0 bridgehead atoms. The number of benzene rings is 1. The van der Waals surface area contributed by atoms with Crippen molar-refractivity contribution < 1.29 is 4.79 Å². The van der Waals surface area contributed by atoms with Crippen molar-refractivity contribution in [3.05, 3.63) is 46.7 Å². The molecule has 4 nitrogen and oxygen atoms in total. The van der Waals surface area contributed by atoms with Crippen LogP contribution in [0.1, 0.15) is 25.2 Å². The lowest BCUT2D eigenvalue weighted by Crippen LogP contribution is -2.10. The van der Waals surface area contributed by atoms with Gasteiger partial charge in [0.15, 0.2) is 5.65 Å². The molecule has 2 aromatic heterocycles. The number of aryl methyl sites for hydroxylation is 2. The van der Waals surface area contributed by atoms with E-state index in [1.165, 1.54) is 11.8 Å². The van der Waals surface area contributed by atoms with E-state index < -0.39 is 0 Å². The van der Waals surface area contributed by atoms with Crippen LogP contribution < -0.4 is 0 Å². The molecule has 0 aliphatic carbocycles. The predicted octanol–water partition coefficient (Wildman–Crippen LogP) is 4.74. The number of aromatic nitrogens is 3. The fourth-order valence-electron chi connectivity index (χ4n) is 2.51. The molecule has 0 amide bonds. The van der Waals surface area contributed by atoms with Crippen LogP contribution in [0.15, 0.2) is 35.4 Å². The molecule has 3 aromatic rings. The van der Waals surface area contributed by atoms with E-state index in [1.807, 2.05) is 55.6 Å². The highest BCUT2D eigenvalue weighted by atomic mass is 35.5. The van der Waals surface area contributed by atoms with Gasteiger partial charge in [-0.2, -0.15) is 5.10 Å². The topological polar surface area (TPSA) is 47.3 Å². The molecule has 0 spiro atoms. The first-order chi connectivity index (χ1) is 11.4. The minimum absolute atomic E-state index is 0.126. The zero-order valence-corrected chi connectivity index (χ0v) is 15.6. The van der Waals surface area contributed by atoms with Crippen molar-refractivity contribution in [1.82, 2.24) is 14.6 Å². The van der Waals surface area contributed by atoms with Gasteiger partial charge in [0.1, 0.15) is 10.8 Å². The Balaban J connectivity index is 2.19. The Kier molecular flexibility index (Phi) is 4.65. The van der Waals surface area contributed by atoms with Crippen LogP contribution in [-0.2, 0) is 4.79 Å². The lowest BCUT2D eigenvalue weighted by atomic mass is 10.1. The second-order valence-corrected chi connectivity index (χ2v) is 7.61. The van der Waals surface area contributed by atoms with E-state index in [0.29, 0.717) is 5.02 Å². The highest BCUT2D eigenvalue weighted by Gasteiger charge is 2.18. The number of carbonyl (C=O) groups is 1. The maximum Gasteiger partial charge on any atom is 0.164 e. The summed E-state index contributed by atoms with van der Waals surface area (Å²) in [5.74, 6) is 0.143. The van der Waals surface area contributed by atoms with E-state index in [1.54, 1.807) is 6.92 Å². The lowest BCUT2D eigenvalue weighted by molar-refractivity contribution is -0.116. The third kappa shape index (κ3) is 3.19. The lowest BCUT2D eigenvalue weighted by Gasteiger charge is -2.10. The monoisotopic (exact) mass is 359 g/mol. The molecule has 1 aromatic carbocycles. The molecule has 1 atom stereocenters. The van der Waals surface area contributed by atoms with Crippen molar-refractivity contribution in [3.63, 3.8) is 0 Å². The Morgan fingerprint density at radius 3 is 2.54 bits per heavy atom. The van der Waals surface area contributed by atoms with Crippen LogP contribution in [0.25, 0.3) is 16.8 Å². The molecule has 124 valence electrons. The molecule has 0 aliphatic rings. The Labute approximate surface area is 150 Å². The number of ketones is 1. The summed E-state index contributed by atoms with van der Waals surface area (Å²) in [4.78, 5) is 16.3. The number of hydrogen-bond acceptors (Lipinski definition) is 4. The second kappa shape index (κ2) is 6.57. The van der Waals surface area contributed by atoms with Gasteiger partial charge in [0, 0.05) is 16.3 Å². The number of rotatable bonds is 4. The highest BCUT2D eigenvalue weighted by molar-refractivity contribution is 8.00. The van der Waals surface area contributed by atoms with Crippen molar-refractivity contribution in [3.8, 4) is 11.1 Å². The second-order valence-electron chi connectivity index (χ2n) is 5.81. The van der Waals surface area contributed by atoms with Gasteiger partial charge in [-0.3, -0.25) is 4.79 Å². The van der Waals surface area contributed by atoms with Gasteiger partial charge in [-0.15, -0.1) is 0 Å². The molecule has 0 saturated carbocycles. The Morgan fingerprint density at radius 2 is 1.92 bits per heavy atom. The van der Waals surface area contributed by atoms with E-state index in [4.69, 9.17) is 11.6 Å². The first-order valence-corrected chi connectivity index (χ1v) is 8.92. The Hall–Kier alpha value is -1.85. The maximum absolute atomic E-state index is 11.6. The number of fused-ring (bicyclic) bond motifs is 1. The zero-order valence-electron chi connectivity index (χ0n) is 14.0. The summed E-state index contributed by atoms with van der Waals surface area (Å²) in [6, 6.07) is 9.64. The Bertz CT molecular complexity index is 918. The van der Waals surface area contributed by atoms with Gasteiger partial charge in [0.05, 0.1) is 10.9 Å². The summed E-state index contributed by atoms with van der Waals surface area (Å²) in [7, 11) is 0. The van der Waals surface area contributed by atoms with E-state index in [9.17, 15) is 4.79 Å². The fraction of sp³-hybridized carbons (Fsp3) is 0.278. The van der Waals surface area contributed by atoms with Gasteiger partial charge in [-0.25, -0.2) is 9.50 Å². The van der Waals surface area contributed by atoms with E-state index in [2.05, 4.69) is 10.1 Å². The molecule has 0 radical (unpaired) electrons. The van der Waals surface area contributed by atoms with Crippen LogP contribution in [0.5, 0.6) is 0 Å². The molecule has 0 aliphatic heterocycles. The van der Waals surface area contributed by atoms with Gasteiger partial charge in [0.2, 0.25) is 0 Å². The maximum atomic E-state index is 11.6. The van der Waals surface area contributed by atoms with Gasteiger partial charge in [0.25, 0.3) is 0 Å². The largest absolute Gasteiger partial charge is 0.299 e. The third-order valence-electron chi connectivity index (χ3n) is 3.86. The summed E-state index contributed by atoms with van der Waals surface area (Å²) in [5, 5.41) is 6.15. The minimum atomic E-state index is -0.126. The molecule has 6 heteroatoms. The number of hydrogen-bond donors (Lipinski definition) is 0. The summed E-state index contributed by atoms with van der Waals surface area (Å²) >= 11 is 7.50. The molecule has 0 saturated heterocycles. The van der Waals surface area contributed by atoms with Crippen molar-refractivity contribution in [2.24, 2.45) is 0 Å². The van der Waals surface area contributed by atoms with Crippen LogP contribution in [-0.4, -0.2) is 25.6 Å². The van der Waals surface area contributed by atoms with Gasteiger partial charge < -0.3 is 0 Å². The molecule has 0 fully saturated rings. The first kappa shape index (κ1) is 17.0. The Morgan fingerprint density at radius 1 is 1.25 bits per heavy atom. The molecule has 0 N–H and O–H groups in total. The average molecular weight is 360 g/mol. The smallest absolute Gasteiger partial charge is 0.164 e. The standard InChI is InChI=1S/C18H18ClN3OS/c1-10-9-16(24-13(4)12(3)23)22-18(20-10)17(11(2)21-22)14-5-7-15(19)8-6-14/h5-9,13H,1-4H3/t13-/m1/s1. The number of carbonyl (C=O) groups excluding carboxylic acids is 1. The molecular formula is C18H18ClN3OS. The van der Waals surface area contributed by atoms with E-state index >= 15 is 0 Å². The third-order valence-corrected chi connectivity index (χ3v) is 5.33. The number of nitrogens with zero attached hydrogens (tertiary/aromatic N) is 3. The van der Waals surface area contributed by atoms with E-state index in [0.717, 1.165) is 33.2 Å². The van der Waals surface area contributed by atoms with Crippen LogP contribution in [0.3, 0.4) is 0 Å². The fourth-order valence-corrected chi connectivity index (χ4v) is 3.63. The van der Waals surface area contributed by atoms with E-state index in [-0.39, 0.29) is 11.0 Å². The zero-order chi connectivity index (χ0) is 17.4. The van der Waals surface area contributed by atoms with Crippen molar-refractivity contribution in [1.29, 1.82) is 0 Å². The highest BCUT2D eigenvalue weighted by Crippen LogP contribution is 2.32. The summed E-state index contributed by atoms with van der Waals surface area (Å²) < 4.78 is 1.83. The summed E-state index contributed by atoms with van der Waals surface area (Å²) in [6.07, 6.45) is 0. The summed E-state index contributed by atoms with van der Waals surface area (Å²) in [6.45, 7) is 7.44. The molecule has 3 rings (SSSR count).